The second-order valence-corrected chi connectivity index (χ2v) is 6.59. The van der Waals surface area contributed by atoms with Crippen LogP contribution in [0.4, 0.5) is 0 Å². The molecule has 1 aromatic carbocycles. The molecule has 0 spiro atoms. The molecule has 1 aliphatic heterocycles. The van der Waals surface area contributed by atoms with Crippen LogP contribution in [0.15, 0.2) is 29.2 Å². The van der Waals surface area contributed by atoms with E-state index in [2.05, 4.69) is 5.32 Å². The molecule has 1 heterocycles. The number of aliphatic carboxylic acids is 1. The van der Waals surface area contributed by atoms with Gasteiger partial charge in [0.15, 0.2) is 0 Å². The summed E-state index contributed by atoms with van der Waals surface area (Å²) in [5, 5.41) is 11.4. The first-order valence-electron chi connectivity index (χ1n) is 6.51. The molecule has 120 valence electrons. The number of ether oxygens (including phenoxy) is 1. The molecule has 1 aliphatic rings. The van der Waals surface area contributed by atoms with Gasteiger partial charge in [-0.3, -0.25) is 9.59 Å². The Morgan fingerprint density at radius 3 is 2.59 bits per heavy atom. The summed E-state index contributed by atoms with van der Waals surface area (Å²) in [4.78, 5) is 22.7. The van der Waals surface area contributed by atoms with Crippen LogP contribution in [-0.4, -0.2) is 55.9 Å². The average Bonchev–Trinajstić information content (AvgIpc) is 2.49. The van der Waals surface area contributed by atoms with Crippen molar-refractivity contribution in [2.24, 2.45) is 0 Å². The fourth-order valence-corrected chi connectivity index (χ4v) is 3.81. The van der Waals surface area contributed by atoms with E-state index in [-0.39, 0.29) is 18.0 Å². The molecular formula is C13H16N2O6S. The standard InChI is InChI=1S/C13H16N2O6S/c1-21-9-2-4-10(5-3-9)22(19,20)15-7-6-14-13(18)11(15)8-12(16)17/h2-5,11H,6-8H2,1H3,(H,14,18)(H,16,17)/t11-/m0/s1. The molecule has 0 aromatic heterocycles. The van der Waals surface area contributed by atoms with Gasteiger partial charge in [-0.2, -0.15) is 4.31 Å². The summed E-state index contributed by atoms with van der Waals surface area (Å²) in [6.07, 6.45) is -0.582. The molecule has 8 nitrogen and oxygen atoms in total. The van der Waals surface area contributed by atoms with Crippen molar-refractivity contribution < 1.29 is 27.9 Å². The van der Waals surface area contributed by atoms with Gasteiger partial charge in [-0.15, -0.1) is 0 Å². The maximum Gasteiger partial charge on any atom is 0.305 e. The summed E-state index contributed by atoms with van der Waals surface area (Å²) in [7, 11) is -2.50. The smallest absolute Gasteiger partial charge is 0.305 e. The lowest BCUT2D eigenvalue weighted by Gasteiger charge is -2.33. The number of rotatable bonds is 5. The molecule has 1 fully saturated rings. The van der Waals surface area contributed by atoms with Gasteiger partial charge >= 0.3 is 5.97 Å². The minimum Gasteiger partial charge on any atom is -0.497 e. The van der Waals surface area contributed by atoms with E-state index >= 15 is 0 Å². The van der Waals surface area contributed by atoms with Crippen molar-refractivity contribution in [3.8, 4) is 5.75 Å². The summed E-state index contributed by atoms with van der Waals surface area (Å²) >= 11 is 0. The van der Waals surface area contributed by atoms with Crippen molar-refractivity contribution in [3.05, 3.63) is 24.3 Å². The summed E-state index contributed by atoms with van der Waals surface area (Å²) in [6, 6.07) is 4.45. The van der Waals surface area contributed by atoms with Crippen molar-refractivity contribution in [2.75, 3.05) is 20.2 Å². The topological polar surface area (TPSA) is 113 Å². The van der Waals surface area contributed by atoms with Crippen molar-refractivity contribution in [1.29, 1.82) is 0 Å². The number of amides is 1. The van der Waals surface area contributed by atoms with Gasteiger partial charge in [-0.05, 0) is 24.3 Å². The summed E-state index contributed by atoms with van der Waals surface area (Å²) in [6.45, 7) is 0.169. The molecule has 1 amide bonds. The lowest BCUT2D eigenvalue weighted by Crippen LogP contribution is -2.57. The van der Waals surface area contributed by atoms with E-state index in [1.807, 2.05) is 0 Å². The van der Waals surface area contributed by atoms with Crippen LogP contribution in [0.2, 0.25) is 0 Å². The van der Waals surface area contributed by atoms with Crippen molar-refractivity contribution in [2.45, 2.75) is 17.4 Å². The molecule has 1 atom stereocenters. The van der Waals surface area contributed by atoms with Gasteiger partial charge < -0.3 is 15.2 Å². The number of hydrogen-bond acceptors (Lipinski definition) is 5. The zero-order valence-electron chi connectivity index (χ0n) is 11.9. The normalized spacial score (nSPS) is 19.5. The first kappa shape index (κ1) is 16.2. The second kappa shape index (κ2) is 6.32. The maximum atomic E-state index is 12.6. The molecule has 0 saturated carbocycles. The second-order valence-electron chi connectivity index (χ2n) is 4.70. The number of carbonyl (C=O) groups is 2. The van der Waals surface area contributed by atoms with E-state index in [4.69, 9.17) is 9.84 Å². The van der Waals surface area contributed by atoms with Crippen LogP contribution in [0.25, 0.3) is 0 Å². The van der Waals surface area contributed by atoms with Crippen LogP contribution in [0.5, 0.6) is 5.75 Å². The van der Waals surface area contributed by atoms with Crippen LogP contribution in [-0.2, 0) is 19.6 Å². The Hall–Kier alpha value is -2.13. The van der Waals surface area contributed by atoms with E-state index < -0.39 is 34.4 Å². The number of sulfonamides is 1. The fourth-order valence-electron chi connectivity index (χ4n) is 2.22. The van der Waals surface area contributed by atoms with Crippen molar-refractivity contribution in [1.82, 2.24) is 9.62 Å². The Morgan fingerprint density at radius 1 is 1.41 bits per heavy atom. The van der Waals surface area contributed by atoms with Crippen molar-refractivity contribution >= 4 is 21.9 Å². The first-order chi connectivity index (χ1) is 10.4. The van der Waals surface area contributed by atoms with Gasteiger partial charge in [0, 0.05) is 13.1 Å². The highest BCUT2D eigenvalue weighted by molar-refractivity contribution is 7.89. The highest BCUT2D eigenvalue weighted by Crippen LogP contribution is 2.23. The van der Waals surface area contributed by atoms with Gasteiger partial charge in [-0.1, -0.05) is 0 Å². The Morgan fingerprint density at radius 2 is 2.05 bits per heavy atom. The van der Waals surface area contributed by atoms with Gasteiger partial charge in [0.05, 0.1) is 18.4 Å². The summed E-state index contributed by atoms with van der Waals surface area (Å²) < 4.78 is 31.2. The Kier molecular flexibility index (Phi) is 4.67. The minimum atomic E-state index is -3.96. The van der Waals surface area contributed by atoms with Crippen LogP contribution in [0.1, 0.15) is 6.42 Å². The molecule has 1 aromatic rings. The third-order valence-corrected chi connectivity index (χ3v) is 5.24. The lowest BCUT2D eigenvalue weighted by atomic mass is 10.1. The van der Waals surface area contributed by atoms with E-state index in [1.165, 1.54) is 31.4 Å². The minimum absolute atomic E-state index is 0.0154. The molecule has 0 aliphatic carbocycles. The van der Waals surface area contributed by atoms with Crippen LogP contribution >= 0.6 is 0 Å². The zero-order valence-corrected chi connectivity index (χ0v) is 12.7. The zero-order chi connectivity index (χ0) is 16.3. The summed E-state index contributed by atoms with van der Waals surface area (Å²) in [5.74, 6) is -1.35. The quantitative estimate of drug-likeness (QED) is 0.764. The predicted molar refractivity (Wildman–Crippen MR) is 75.9 cm³/mol. The molecule has 0 bridgehead atoms. The molecule has 9 heteroatoms. The number of carbonyl (C=O) groups excluding carboxylic acids is 1. The highest BCUT2D eigenvalue weighted by Gasteiger charge is 2.39. The summed E-state index contributed by atoms with van der Waals surface area (Å²) in [5.41, 5.74) is 0. The molecule has 0 radical (unpaired) electrons. The first-order valence-corrected chi connectivity index (χ1v) is 7.95. The van der Waals surface area contributed by atoms with Crippen LogP contribution < -0.4 is 10.1 Å². The molecule has 22 heavy (non-hydrogen) atoms. The number of methoxy groups -OCH3 is 1. The monoisotopic (exact) mass is 328 g/mol. The number of piperazine rings is 1. The number of hydrogen-bond donors (Lipinski definition) is 2. The third-order valence-electron chi connectivity index (χ3n) is 3.32. The fraction of sp³-hybridized carbons (Fsp3) is 0.385. The lowest BCUT2D eigenvalue weighted by molar-refractivity contribution is -0.141. The highest BCUT2D eigenvalue weighted by atomic mass is 32.2. The van der Waals surface area contributed by atoms with Crippen LogP contribution in [0.3, 0.4) is 0 Å². The Balaban J connectivity index is 2.35. The van der Waals surface area contributed by atoms with Gasteiger partial charge in [-0.25, -0.2) is 8.42 Å². The number of carboxylic acid groups (broad SMARTS) is 1. The van der Waals surface area contributed by atoms with E-state index in [9.17, 15) is 18.0 Å². The average molecular weight is 328 g/mol. The van der Waals surface area contributed by atoms with E-state index in [0.717, 1.165) is 4.31 Å². The van der Waals surface area contributed by atoms with Gasteiger partial charge in [0.2, 0.25) is 15.9 Å². The predicted octanol–water partition coefficient (Wildman–Crippen LogP) is -0.341. The third kappa shape index (κ3) is 3.20. The van der Waals surface area contributed by atoms with E-state index in [0.29, 0.717) is 5.75 Å². The number of nitrogens with one attached hydrogen (secondary N) is 1. The van der Waals surface area contributed by atoms with Gasteiger partial charge in [0.25, 0.3) is 0 Å². The molecule has 2 rings (SSSR count). The number of nitrogens with zero attached hydrogens (tertiary/aromatic N) is 1. The molecule has 1 saturated heterocycles. The number of carboxylic acids is 1. The van der Waals surface area contributed by atoms with Gasteiger partial charge in [0.1, 0.15) is 11.8 Å². The van der Waals surface area contributed by atoms with E-state index in [1.54, 1.807) is 0 Å². The van der Waals surface area contributed by atoms with Crippen LogP contribution in [0, 0.1) is 0 Å². The Labute approximate surface area is 127 Å². The Bertz CT molecular complexity index is 670. The molecular weight excluding hydrogens is 312 g/mol. The SMILES string of the molecule is COc1ccc(S(=O)(=O)N2CCNC(=O)[C@@H]2CC(=O)O)cc1. The number of benzene rings is 1. The maximum absolute atomic E-state index is 12.6. The molecule has 0 unspecified atom stereocenters. The largest absolute Gasteiger partial charge is 0.497 e. The molecule has 2 N–H and O–H groups in total. The van der Waals surface area contributed by atoms with Crippen molar-refractivity contribution in [3.63, 3.8) is 0 Å².